The Balaban J connectivity index is 1.18. The van der Waals surface area contributed by atoms with Crippen LogP contribution in [0.1, 0.15) is 16.8 Å². The first kappa shape index (κ1) is 23.7. The number of nitrogens with one attached hydrogen (secondary N) is 2. The zero-order chi connectivity index (χ0) is 24.6. The summed E-state index contributed by atoms with van der Waals surface area (Å²) in [6, 6.07) is 16.8. The van der Waals surface area contributed by atoms with Gasteiger partial charge in [-0.2, -0.15) is 0 Å². The van der Waals surface area contributed by atoms with Crippen LogP contribution in [0.25, 0.3) is 10.9 Å². The van der Waals surface area contributed by atoms with Gasteiger partial charge in [-0.3, -0.25) is 20.0 Å². The summed E-state index contributed by atoms with van der Waals surface area (Å²) in [6.45, 7) is 5.28. The fourth-order valence-electron chi connectivity index (χ4n) is 4.01. The maximum Gasteiger partial charge on any atom is 0.258 e. The normalized spacial score (nSPS) is 13.9. The zero-order valence-corrected chi connectivity index (χ0v) is 19.9. The Morgan fingerprint density at radius 2 is 1.81 bits per heavy atom. The second-order valence-electron chi connectivity index (χ2n) is 8.43. The molecule has 0 spiro atoms. The van der Waals surface area contributed by atoms with Crippen LogP contribution >= 0.6 is 0 Å². The van der Waals surface area contributed by atoms with E-state index in [4.69, 9.17) is 9.47 Å². The zero-order valence-electron chi connectivity index (χ0n) is 19.9. The Morgan fingerprint density at radius 1 is 1.00 bits per heavy atom. The number of rotatable bonds is 9. The molecule has 0 atom stereocenters. The molecule has 0 unspecified atom stereocenters. The van der Waals surface area contributed by atoms with Crippen LogP contribution in [0.5, 0.6) is 5.75 Å². The van der Waals surface area contributed by atoms with E-state index in [1.807, 2.05) is 42.5 Å². The molecule has 5 rings (SSSR count). The third-order valence-electron chi connectivity index (χ3n) is 5.90. The number of hydrogen-bond acceptors (Lipinski definition) is 8. The third-order valence-corrected chi connectivity index (χ3v) is 5.90. The minimum absolute atomic E-state index is 0.240. The molecule has 2 aromatic heterocycles. The number of benzene rings is 2. The highest BCUT2D eigenvalue weighted by Crippen LogP contribution is 2.28. The molecular weight excluding hydrogens is 456 g/mol. The van der Waals surface area contributed by atoms with Crippen molar-refractivity contribution in [3.63, 3.8) is 0 Å². The molecule has 1 aliphatic rings. The molecule has 1 fully saturated rings. The SMILES string of the molecule is O=C(Nc1ncc(Nc2ccnc3cc(OCCCN4CCOCC4)ccc23)cn1)c1ccccc1. The summed E-state index contributed by atoms with van der Waals surface area (Å²) in [5.41, 5.74) is 2.96. The molecule has 0 radical (unpaired) electrons. The molecule has 1 saturated heterocycles. The number of carbonyl (C=O) groups excluding carboxylic acids is 1. The van der Waals surface area contributed by atoms with Crippen LogP contribution in [0.2, 0.25) is 0 Å². The van der Waals surface area contributed by atoms with Crippen molar-refractivity contribution < 1.29 is 14.3 Å². The summed E-state index contributed by atoms with van der Waals surface area (Å²) >= 11 is 0. The van der Waals surface area contributed by atoms with Crippen molar-refractivity contribution in [1.82, 2.24) is 19.9 Å². The van der Waals surface area contributed by atoms with E-state index in [0.29, 0.717) is 17.9 Å². The van der Waals surface area contributed by atoms with E-state index >= 15 is 0 Å². The summed E-state index contributed by atoms with van der Waals surface area (Å²) < 4.78 is 11.4. The van der Waals surface area contributed by atoms with Crippen molar-refractivity contribution in [3.05, 3.63) is 78.8 Å². The van der Waals surface area contributed by atoms with Gasteiger partial charge in [0.25, 0.3) is 5.91 Å². The lowest BCUT2D eigenvalue weighted by atomic mass is 10.1. The number of aromatic nitrogens is 3. The lowest BCUT2D eigenvalue weighted by Crippen LogP contribution is -2.37. The van der Waals surface area contributed by atoms with Crippen LogP contribution in [-0.2, 0) is 4.74 Å². The van der Waals surface area contributed by atoms with Crippen molar-refractivity contribution in [2.75, 3.05) is 50.1 Å². The van der Waals surface area contributed by atoms with E-state index in [1.54, 1.807) is 30.7 Å². The molecule has 3 heterocycles. The standard InChI is InChI=1S/C27H28N6O3/c34-26(20-5-2-1-3-6-20)32-27-29-18-21(19-30-27)31-24-9-10-28-25-17-22(7-8-23(24)25)36-14-4-11-33-12-15-35-16-13-33/h1-3,5-10,17-19H,4,11-16H2,(H,28,31)(H,29,30,32,34). The Labute approximate surface area is 209 Å². The maximum absolute atomic E-state index is 12.3. The molecule has 4 aromatic rings. The first-order chi connectivity index (χ1) is 17.7. The van der Waals surface area contributed by atoms with Gasteiger partial charge in [0.2, 0.25) is 5.95 Å². The minimum Gasteiger partial charge on any atom is -0.493 e. The van der Waals surface area contributed by atoms with E-state index < -0.39 is 0 Å². The molecule has 36 heavy (non-hydrogen) atoms. The number of amides is 1. The second kappa shape index (κ2) is 11.6. The van der Waals surface area contributed by atoms with Crippen LogP contribution in [0, 0.1) is 0 Å². The quantitative estimate of drug-likeness (QED) is 0.342. The van der Waals surface area contributed by atoms with Gasteiger partial charge in [0, 0.05) is 48.5 Å². The van der Waals surface area contributed by atoms with E-state index in [9.17, 15) is 4.79 Å². The molecular formula is C27H28N6O3. The fourth-order valence-corrected chi connectivity index (χ4v) is 4.01. The average molecular weight is 485 g/mol. The van der Waals surface area contributed by atoms with Crippen LogP contribution in [0.3, 0.4) is 0 Å². The first-order valence-electron chi connectivity index (χ1n) is 12.0. The predicted molar refractivity (Wildman–Crippen MR) is 139 cm³/mol. The van der Waals surface area contributed by atoms with Crippen LogP contribution in [0.15, 0.2) is 73.2 Å². The largest absolute Gasteiger partial charge is 0.493 e. The van der Waals surface area contributed by atoms with Gasteiger partial charge in [-0.25, -0.2) is 9.97 Å². The summed E-state index contributed by atoms with van der Waals surface area (Å²) in [7, 11) is 0. The highest BCUT2D eigenvalue weighted by Gasteiger charge is 2.10. The van der Waals surface area contributed by atoms with Crippen molar-refractivity contribution in [2.24, 2.45) is 0 Å². The summed E-state index contributed by atoms with van der Waals surface area (Å²) in [6.07, 6.45) is 5.98. The number of pyridine rings is 1. The van der Waals surface area contributed by atoms with E-state index in [0.717, 1.165) is 61.6 Å². The van der Waals surface area contributed by atoms with Gasteiger partial charge in [-0.15, -0.1) is 0 Å². The predicted octanol–water partition coefficient (Wildman–Crippen LogP) is 4.12. The van der Waals surface area contributed by atoms with Crippen molar-refractivity contribution >= 4 is 34.1 Å². The average Bonchev–Trinajstić information content (AvgIpc) is 2.93. The number of anilines is 3. The lowest BCUT2D eigenvalue weighted by Gasteiger charge is -2.26. The lowest BCUT2D eigenvalue weighted by molar-refractivity contribution is 0.0358. The van der Waals surface area contributed by atoms with Crippen LogP contribution < -0.4 is 15.4 Å². The van der Waals surface area contributed by atoms with Crippen molar-refractivity contribution in [3.8, 4) is 5.75 Å². The first-order valence-corrected chi connectivity index (χ1v) is 12.0. The van der Waals surface area contributed by atoms with Gasteiger partial charge in [-0.1, -0.05) is 18.2 Å². The molecule has 0 saturated carbocycles. The topological polar surface area (TPSA) is 102 Å². The van der Waals surface area contributed by atoms with E-state index in [-0.39, 0.29) is 11.9 Å². The maximum atomic E-state index is 12.3. The molecule has 9 nitrogen and oxygen atoms in total. The Bertz CT molecular complexity index is 1290. The molecule has 1 aliphatic heterocycles. The van der Waals surface area contributed by atoms with Gasteiger partial charge in [0.15, 0.2) is 0 Å². The van der Waals surface area contributed by atoms with Crippen molar-refractivity contribution in [2.45, 2.75) is 6.42 Å². The van der Waals surface area contributed by atoms with Gasteiger partial charge < -0.3 is 14.8 Å². The summed E-state index contributed by atoms with van der Waals surface area (Å²) in [5, 5.41) is 6.99. The fraction of sp³-hybridized carbons (Fsp3) is 0.259. The van der Waals surface area contributed by atoms with Crippen LogP contribution in [-0.4, -0.2) is 65.2 Å². The van der Waals surface area contributed by atoms with Crippen molar-refractivity contribution in [1.29, 1.82) is 0 Å². The minimum atomic E-state index is -0.254. The smallest absolute Gasteiger partial charge is 0.258 e. The molecule has 2 aromatic carbocycles. The van der Waals surface area contributed by atoms with Gasteiger partial charge >= 0.3 is 0 Å². The number of hydrogen-bond donors (Lipinski definition) is 2. The van der Waals surface area contributed by atoms with Gasteiger partial charge in [0.1, 0.15) is 5.75 Å². The number of morpholine rings is 1. The highest BCUT2D eigenvalue weighted by molar-refractivity contribution is 6.03. The molecule has 1 amide bonds. The number of nitrogens with zero attached hydrogens (tertiary/aromatic N) is 4. The summed E-state index contributed by atoms with van der Waals surface area (Å²) in [4.78, 5) is 27.7. The van der Waals surface area contributed by atoms with Gasteiger partial charge in [0.05, 0.1) is 43.4 Å². The molecule has 2 N–H and O–H groups in total. The summed E-state index contributed by atoms with van der Waals surface area (Å²) in [5.74, 6) is 0.788. The molecule has 0 bridgehead atoms. The van der Waals surface area contributed by atoms with E-state index in [2.05, 4.69) is 30.5 Å². The highest BCUT2D eigenvalue weighted by atomic mass is 16.5. The van der Waals surface area contributed by atoms with E-state index in [1.165, 1.54) is 0 Å². The van der Waals surface area contributed by atoms with Crippen LogP contribution in [0.4, 0.5) is 17.3 Å². The molecule has 9 heteroatoms. The number of ether oxygens (including phenoxy) is 2. The second-order valence-corrected chi connectivity index (χ2v) is 8.43. The molecule has 184 valence electrons. The third kappa shape index (κ3) is 6.12. The Kier molecular flexibility index (Phi) is 7.60. The van der Waals surface area contributed by atoms with Gasteiger partial charge in [-0.05, 0) is 36.8 Å². The number of carbonyl (C=O) groups is 1. The monoisotopic (exact) mass is 484 g/mol. The Hall–Kier alpha value is -4.08. The Morgan fingerprint density at radius 3 is 2.61 bits per heavy atom. The molecule has 0 aliphatic carbocycles. The number of fused-ring (bicyclic) bond motifs is 1.